The van der Waals surface area contributed by atoms with Gasteiger partial charge in [-0.05, 0) is 82.1 Å². The lowest BCUT2D eigenvalue weighted by atomic mass is 9.99. The van der Waals surface area contributed by atoms with Gasteiger partial charge in [-0.2, -0.15) is 0 Å². The minimum absolute atomic E-state index is 1.15. The first kappa shape index (κ1) is 26.8. The number of nitrogens with zero attached hydrogens (tertiary/aromatic N) is 2. The van der Waals surface area contributed by atoms with Crippen molar-refractivity contribution in [1.82, 2.24) is 9.13 Å². The fourth-order valence-electron chi connectivity index (χ4n) is 7.71. The summed E-state index contributed by atoms with van der Waals surface area (Å²) in [7, 11) is 0. The van der Waals surface area contributed by atoms with Crippen molar-refractivity contribution in [2.75, 3.05) is 0 Å². The number of para-hydroxylation sites is 4. The van der Waals surface area contributed by atoms with Crippen molar-refractivity contribution in [1.29, 1.82) is 0 Å². The molecule has 8 aromatic carbocycles. The maximum Gasteiger partial charge on any atom is 0.0619 e. The number of benzene rings is 8. The van der Waals surface area contributed by atoms with Crippen molar-refractivity contribution in [3.8, 4) is 33.6 Å². The van der Waals surface area contributed by atoms with E-state index in [1.54, 1.807) is 0 Å². The molecule has 0 unspecified atom stereocenters. The third-order valence-corrected chi connectivity index (χ3v) is 9.88. The average molecular weight is 611 g/mol. The smallest absolute Gasteiger partial charge is 0.0619 e. The summed E-state index contributed by atoms with van der Waals surface area (Å²) in [5.74, 6) is 0. The van der Waals surface area contributed by atoms with Crippen LogP contribution in [0.15, 0.2) is 182 Å². The Morgan fingerprint density at radius 1 is 0.292 bits per heavy atom. The molecule has 224 valence electrons. The molecule has 10 aromatic rings. The lowest BCUT2D eigenvalue weighted by Crippen LogP contribution is -1.96. The maximum absolute atomic E-state index is 2.46. The molecule has 0 atom stereocenters. The molecule has 0 saturated carbocycles. The van der Waals surface area contributed by atoms with E-state index in [0.29, 0.717) is 0 Å². The second-order valence-electron chi connectivity index (χ2n) is 12.6. The lowest BCUT2D eigenvalue weighted by molar-refractivity contribution is 1.18. The number of hydrogen-bond acceptors (Lipinski definition) is 0. The van der Waals surface area contributed by atoms with E-state index in [-0.39, 0.29) is 0 Å². The minimum Gasteiger partial charge on any atom is -0.309 e. The van der Waals surface area contributed by atoms with Gasteiger partial charge in [0.05, 0.1) is 22.1 Å². The van der Waals surface area contributed by atoms with E-state index in [1.165, 1.54) is 82.3 Å². The summed E-state index contributed by atoms with van der Waals surface area (Å²) in [6.07, 6.45) is 0. The molecule has 2 nitrogen and oxygen atoms in total. The van der Waals surface area contributed by atoms with E-state index >= 15 is 0 Å². The molecule has 0 N–H and O–H groups in total. The molecular formula is C46H30N2. The third kappa shape index (κ3) is 4.06. The average Bonchev–Trinajstić information content (AvgIpc) is 3.68. The quantitative estimate of drug-likeness (QED) is 0.188. The Hall–Kier alpha value is -6.38. The van der Waals surface area contributed by atoms with Crippen LogP contribution in [-0.2, 0) is 0 Å². The zero-order valence-corrected chi connectivity index (χ0v) is 26.2. The topological polar surface area (TPSA) is 9.86 Å². The minimum atomic E-state index is 1.15. The summed E-state index contributed by atoms with van der Waals surface area (Å²) < 4.78 is 4.84. The summed E-state index contributed by atoms with van der Waals surface area (Å²) in [5.41, 5.74) is 12.0. The molecule has 0 spiro atoms. The predicted molar refractivity (Wildman–Crippen MR) is 203 cm³/mol. The summed E-state index contributed by atoms with van der Waals surface area (Å²) in [6.45, 7) is 0. The highest BCUT2D eigenvalue weighted by Gasteiger charge is 2.18. The molecule has 0 aliphatic carbocycles. The Labute approximate surface area is 278 Å². The van der Waals surface area contributed by atoms with Crippen LogP contribution in [-0.4, -0.2) is 9.13 Å². The molecule has 2 heteroatoms. The van der Waals surface area contributed by atoms with Gasteiger partial charge in [-0.3, -0.25) is 0 Å². The van der Waals surface area contributed by atoms with Gasteiger partial charge < -0.3 is 9.13 Å². The van der Waals surface area contributed by atoms with Gasteiger partial charge in [0, 0.05) is 38.5 Å². The molecule has 0 aliphatic rings. The van der Waals surface area contributed by atoms with Gasteiger partial charge >= 0.3 is 0 Å². The van der Waals surface area contributed by atoms with Crippen molar-refractivity contribution in [2.45, 2.75) is 0 Å². The Balaban J connectivity index is 1.22. The Morgan fingerprint density at radius 3 is 1.75 bits per heavy atom. The molecule has 2 aromatic heterocycles. The molecular weight excluding hydrogens is 581 g/mol. The van der Waals surface area contributed by atoms with Crippen LogP contribution in [0.5, 0.6) is 0 Å². The highest BCUT2D eigenvalue weighted by molar-refractivity contribution is 6.15. The number of fused-ring (bicyclic) bond motifs is 7. The van der Waals surface area contributed by atoms with Crippen molar-refractivity contribution >= 4 is 54.4 Å². The molecule has 2 heterocycles. The first-order valence-electron chi connectivity index (χ1n) is 16.5. The van der Waals surface area contributed by atoms with Gasteiger partial charge in [0.25, 0.3) is 0 Å². The van der Waals surface area contributed by atoms with E-state index in [9.17, 15) is 0 Å². The maximum atomic E-state index is 2.46. The molecule has 0 saturated heterocycles. The fraction of sp³-hybridized carbons (Fsp3) is 0. The number of hydrogen-bond donors (Lipinski definition) is 0. The zero-order chi connectivity index (χ0) is 31.6. The van der Waals surface area contributed by atoms with Crippen LogP contribution >= 0.6 is 0 Å². The SMILES string of the molecule is c1ccc(-n2c3ccccc3c3cc(-c4cccc5c6ccccc6n(-c6cccc(-c7ccc8ccccc8c7)c6)c45)ccc32)cc1. The van der Waals surface area contributed by atoms with Crippen LogP contribution in [0.3, 0.4) is 0 Å². The van der Waals surface area contributed by atoms with Crippen LogP contribution in [0.4, 0.5) is 0 Å². The van der Waals surface area contributed by atoms with E-state index in [0.717, 1.165) is 5.69 Å². The Kier molecular flexibility index (Phi) is 5.91. The Morgan fingerprint density at radius 2 is 0.896 bits per heavy atom. The standard InChI is InChI=1S/C46H30N2/c1-2-15-36(16-3-1)47-43-22-8-7-19-40(43)42-30-35(26-27-45(42)47)38-20-11-21-41-39-18-6-9-23-44(39)48(46(38)41)37-17-10-14-33(29-37)34-25-24-31-12-4-5-13-32(31)28-34/h1-30H. The lowest BCUT2D eigenvalue weighted by Gasteiger charge is -2.14. The number of rotatable bonds is 4. The van der Waals surface area contributed by atoms with E-state index in [1.807, 2.05) is 0 Å². The molecule has 48 heavy (non-hydrogen) atoms. The molecule has 0 radical (unpaired) electrons. The largest absolute Gasteiger partial charge is 0.309 e. The molecule has 0 bridgehead atoms. The van der Waals surface area contributed by atoms with Crippen LogP contribution < -0.4 is 0 Å². The van der Waals surface area contributed by atoms with Crippen LogP contribution in [0.1, 0.15) is 0 Å². The van der Waals surface area contributed by atoms with E-state index in [2.05, 4.69) is 191 Å². The van der Waals surface area contributed by atoms with Crippen molar-refractivity contribution in [2.24, 2.45) is 0 Å². The highest BCUT2D eigenvalue weighted by Crippen LogP contribution is 2.41. The van der Waals surface area contributed by atoms with E-state index < -0.39 is 0 Å². The summed E-state index contributed by atoms with van der Waals surface area (Å²) in [6, 6.07) is 66.3. The van der Waals surface area contributed by atoms with Crippen LogP contribution in [0, 0.1) is 0 Å². The van der Waals surface area contributed by atoms with Crippen LogP contribution in [0.25, 0.3) is 88.0 Å². The zero-order valence-electron chi connectivity index (χ0n) is 26.2. The second-order valence-corrected chi connectivity index (χ2v) is 12.6. The summed E-state index contributed by atoms with van der Waals surface area (Å²) >= 11 is 0. The van der Waals surface area contributed by atoms with Gasteiger partial charge in [-0.1, -0.05) is 127 Å². The fourth-order valence-corrected chi connectivity index (χ4v) is 7.71. The molecule has 0 aliphatic heterocycles. The molecule has 0 fully saturated rings. The van der Waals surface area contributed by atoms with Gasteiger partial charge in [-0.25, -0.2) is 0 Å². The van der Waals surface area contributed by atoms with Gasteiger partial charge in [0.15, 0.2) is 0 Å². The highest BCUT2D eigenvalue weighted by atomic mass is 15.0. The molecule has 10 rings (SSSR count). The first-order valence-corrected chi connectivity index (χ1v) is 16.5. The normalized spacial score (nSPS) is 11.8. The predicted octanol–water partition coefficient (Wildman–Crippen LogP) is 12.4. The van der Waals surface area contributed by atoms with Gasteiger partial charge in [-0.15, -0.1) is 0 Å². The van der Waals surface area contributed by atoms with Crippen molar-refractivity contribution < 1.29 is 0 Å². The second kappa shape index (κ2) is 10.6. The first-order chi connectivity index (χ1) is 23.8. The molecule has 0 amide bonds. The summed E-state index contributed by atoms with van der Waals surface area (Å²) in [5, 5.41) is 7.54. The van der Waals surface area contributed by atoms with Gasteiger partial charge in [0.1, 0.15) is 0 Å². The Bertz CT molecular complexity index is 2830. The monoisotopic (exact) mass is 610 g/mol. The van der Waals surface area contributed by atoms with Crippen molar-refractivity contribution in [3.63, 3.8) is 0 Å². The number of aromatic nitrogens is 2. The third-order valence-electron chi connectivity index (χ3n) is 9.88. The van der Waals surface area contributed by atoms with Crippen molar-refractivity contribution in [3.05, 3.63) is 182 Å². The van der Waals surface area contributed by atoms with Gasteiger partial charge in [0.2, 0.25) is 0 Å². The van der Waals surface area contributed by atoms with E-state index in [4.69, 9.17) is 0 Å². The summed E-state index contributed by atoms with van der Waals surface area (Å²) in [4.78, 5) is 0. The van der Waals surface area contributed by atoms with Crippen LogP contribution in [0.2, 0.25) is 0 Å².